The molecule has 0 spiro atoms. The number of nitrogens with one attached hydrogen (secondary N) is 2. The van der Waals surface area contributed by atoms with Gasteiger partial charge in [0.25, 0.3) is 0 Å². The van der Waals surface area contributed by atoms with Gasteiger partial charge in [0.05, 0.1) is 16.9 Å². The molecule has 6 nitrogen and oxygen atoms in total. The van der Waals surface area contributed by atoms with E-state index >= 15 is 0 Å². The molecule has 1 amide bonds. The Hall–Kier alpha value is -2.66. The highest BCUT2D eigenvalue weighted by Gasteiger charge is 2.19. The maximum atomic E-state index is 14.3. The highest BCUT2D eigenvalue weighted by Crippen LogP contribution is 2.26. The lowest BCUT2D eigenvalue weighted by Crippen LogP contribution is -2.36. The van der Waals surface area contributed by atoms with Crippen molar-refractivity contribution in [3.63, 3.8) is 0 Å². The lowest BCUT2D eigenvalue weighted by atomic mass is 10.0. The molecule has 1 aromatic rings. The third-order valence-corrected chi connectivity index (χ3v) is 3.44. The number of nitrogens with zero attached hydrogens (tertiary/aromatic N) is 1. The number of thiocarbonyl (C=S) groups is 1. The van der Waals surface area contributed by atoms with Crippen molar-refractivity contribution in [1.29, 1.82) is 5.26 Å². The number of allylic oxidation sites excluding steroid dienone is 1. The standard InChI is InChI=1S/C17H22FN5OS/c1-9(2)4-15(17(21)24)22-14-7-13(11(8-19)6-12(14)18)23-16(25)5-10(3)20/h5-7,9,15,22H,4,20H2,1-3H3,(H2,21,24)(H,23,25). The van der Waals surface area contributed by atoms with Crippen LogP contribution in [0.4, 0.5) is 15.8 Å². The van der Waals surface area contributed by atoms with E-state index in [4.69, 9.17) is 23.7 Å². The SMILES string of the molecule is CC(N)=CC(=S)Nc1cc(NC(CC(C)C)C(N)=O)c(F)cc1C#N. The van der Waals surface area contributed by atoms with Gasteiger partial charge < -0.3 is 22.1 Å². The van der Waals surface area contributed by atoms with E-state index in [1.54, 1.807) is 6.92 Å². The van der Waals surface area contributed by atoms with Gasteiger partial charge in [-0.05, 0) is 37.5 Å². The summed E-state index contributed by atoms with van der Waals surface area (Å²) in [5, 5.41) is 14.8. The lowest BCUT2D eigenvalue weighted by Gasteiger charge is -2.20. The van der Waals surface area contributed by atoms with E-state index < -0.39 is 17.8 Å². The van der Waals surface area contributed by atoms with Crippen molar-refractivity contribution in [2.24, 2.45) is 17.4 Å². The Morgan fingerprint density at radius 1 is 1.40 bits per heavy atom. The average molecular weight is 363 g/mol. The van der Waals surface area contributed by atoms with Crippen LogP contribution in [-0.4, -0.2) is 16.9 Å². The Balaban J connectivity index is 3.18. The van der Waals surface area contributed by atoms with Crippen molar-refractivity contribution in [1.82, 2.24) is 0 Å². The molecule has 0 radical (unpaired) electrons. The van der Waals surface area contributed by atoms with E-state index in [9.17, 15) is 14.4 Å². The van der Waals surface area contributed by atoms with Gasteiger partial charge in [-0.3, -0.25) is 4.79 Å². The van der Waals surface area contributed by atoms with Gasteiger partial charge in [-0.15, -0.1) is 0 Å². The number of carbonyl (C=O) groups is 1. The van der Waals surface area contributed by atoms with Crippen molar-refractivity contribution < 1.29 is 9.18 Å². The van der Waals surface area contributed by atoms with Crippen molar-refractivity contribution >= 4 is 34.5 Å². The molecule has 1 rings (SSSR count). The molecular weight excluding hydrogens is 341 g/mol. The first kappa shape index (κ1) is 20.4. The summed E-state index contributed by atoms with van der Waals surface area (Å²) in [6.45, 7) is 5.53. The maximum Gasteiger partial charge on any atom is 0.239 e. The molecule has 0 bridgehead atoms. The number of halogens is 1. The van der Waals surface area contributed by atoms with E-state index in [0.717, 1.165) is 6.07 Å². The minimum absolute atomic E-state index is 0.0576. The van der Waals surface area contributed by atoms with Crippen LogP contribution in [0.1, 0.15) is 32.8 Å². The molecule has 25 heavy (non-hydrogen) atoms. The third kappa shape index (κ3) is 6.39. The number of hydrogen-bond acceptors (Lipinski definition) is 5. The van der Waals surface area contributed by atoms with Crippen LogP contribution in [0.2, 0.25) is 0 Å². The van der Waals surface area contributed by atoms with Gasteiger partial charge in [0.2, 0.25) is 5.91 Å². The Kier molecular flexibility index (Phi) is 7.33. The van der Waals surface area contributed by atoms with Gasteiger partial charge in [0.1, 0.15) is 22.9 Å². The summed E-state index contributed by atoms with van der Waals surface area (Å²) in [7, 11) is 0. The second-order valence-corrected chi connectivity index (χ2v) is 6.54. The number of rotatable bonds is 7. The number of amides is 1. The van der Waals surface area contributed by atoms with E-state index in [-0.39, 0.29) is 22.2 Å². The number of anilines is 2. The zero-order valence-corrected chi connectivity index (χ0v) is 15.2. The number of primary amides is 1. The highest BCUT2D eigenvalue weighted by molar-refractivity contribution is 7.81. The second kappa shape index (κ2) is 8.99. The van der Waals surface area contributed by atoms with Crippen LogP contribution in [0.15, 0.2) is 23.9 Å². The van der Waals surface area contributed by atoms with Crippen LogP contribution < -0.4 is 22.1 Å². The minimum Gasteiger partial charge on any atom is -0.402 e. The summed E-state index contributed by atoms with van der Waals surface area (Å²) < 4.78 is 14.3. The topological polar surface area (TPSA) is 117 Å². The predicted molar refractivity (Wildman–Crippen MR) is 101 cm³/mol. The largest absolute Gasteiger partial charge is 0.402 e. The minimum atomic E-state index is -0.728. The summed E-state index contributed by atoms with van der Waals surface area (Å²) in [6.07, 6.45) is 1.96. The summed E-state index contributed by atoms with van der Waals surface area (Å²) in [4.78, 5) is 11.9. The van der Waals surface area contributed by atoms with Gasteiger partial charge in [0.15, 0.2) is 0 Å². The number of nitriles is 1. The molecule has 0 saturated carbocycles. The van der Waals surface area contributed by atoms with Gasteiger partial charge in [0, 0.05) is 5.70 Å². The molecule has 8 heteroatoms. The summed E-state index contributed by atoms with van der Waals surface area (Å²) in [5.74, 6) is -1.05. The van der Waals surface area contributed by atoms with Crippen LogP contribution in [-0.2, 0) is 4.79 Å². The normalized spacial score (nSPS) is 12.4. The molecule has 134 valence electrons. The van der Waals surface area contributed by atoms with E-state index in [2.05, 4.69) is 10.6 Å². The first-order valence-corrected chi connectivity index (χ1v) is 8.09. The number of carbonyl (C=O) groups excluding carboxylic acids is 1. The monoisotopic (exact) mass is 363 g/mol. The molecule has 0 heterocycles. The first-order chi connectivity index (χ1) is 11.6. The van der Waals surface area contributed by atoms with Crippen molar-refractivity contribution in [3.05, 3.63) is 35.3 Å². The van der Waals surface area contributed by atoms with Crippen LogP contribution >= 0.6 is 12.2 Å². The molecule has 0 aliphatic heterocycles. The van der Waals surface area contributed by atoms with Crippen molar-refractivity contribution in [2.45, 2.75) is 33.2 Å². The molecule has 0 fully saturated rings. The summed E-state index contributed by atoms with van der Waals surface area (Å²) >= 11 is 5.12. The van der Waals surface area contributed by atoms with Gasteiger partial charge >= 0.3 is 0 Å². The first-order valence-electron chi connectivity index (χ1n) is 7.68. The highest BCUT2D eigenvalue weighted by atomic mass is 32.1. The molecule has 0 aliphatic rings. The van der Waals surface area contributed by atoms with Crippen LogP contribution in [0.3, 0.4) is 0 Å². The zero-order chi connectivity index (χ0) is 19.1. The number of nitrogens with two attached hydrogens (primary N) is 2. The van der Waals surface area contributed by atoms with Gasteiger partial charge in [-0.2, -0.15) is 5.26 Å². The molecule has 1 aromatic carbocycles. The summed E-state index contributed by atoms with van der Waals surface area (Å²) in [5.41, 5.74) is 11.9. The average Bonchev–Trinajstić information content (AvgIpc) is 2.47. The maximum absolute atomic E-state index is 14.3. The Bertz CT molecular complexity index is 735. The Morgan fingerprint density at radius 3 is 2.52 bits per heavy atom. The predicted octanol–water partition coefficient (Wildman–Crippen LogP) is 2.61. The lowest BCUT2D eigenvalue weighted by molar-refractivity contribution is -0.119. The fraction of sp³-hybridized carbons (Fsp3) is 0.353. The molecule has 0 saturated heterocycles. The van der Waals surface area contributed by atoms with E-state index in [1.165, 1.54) is 12.1 Å². The Morgan fingerprint density at radius 2 is 2.04 bits per heavy atom. The molecule has 0 aliphatic carbocycles. The van der Waals surface area contributed by atoms with Crippen LogP contribution in [0.25, 0.3) is 0 Å². The summed E-state index contributed by atoms with van der Waals surface area (Å²) in [6, 6.07) is 3.62. The molecule has 6 N–H and O–H groups in total. The fourth-order valence-corrected chi connectivity index (χ4v) is 2.46. The van der Waals surface area contributed by atoms with Crippen molar-refractivity contribution in [3.8, 4) is 6.07 Å². The smallest absolute Gasteiger partial charge is 0.239 e. The van der Waals surface area contributed by atoms with Crippen molar-refractivity contribution in [2.75, 3.05) is 10.6 Å². The molecule has 1 atom stereocenters. The third-order valence-electron chi connectivity index (χ3n) is 3.22. The van der Waals surface area contributed by atoms with Gasteiger partial charge in [-0.25, -0.2) is 4.39 Å². The Labute approximate surface area is 152 Å². The molecule has 0 aromatic heterocycles. The van der Waals surface area contributed by atoms with Crippen LogP contribution in [0.5, 0.6) is 0 Å². The van der Waals surface area contributed by atoms with Gasteiger partial charge in [-0.1, -0.05) is 26.1 Å². The van der Waals surface area contributed by atoms with E-state index in [1.807, 2.05) is 19.9 Å². The molecule has 1 unspecified atom stereocenters. The van der Waals surface area contributed by atoms with Crippen LogP contribution in [0, 0.1) is 23.1 Å². The number of hydrogen-bond donors (Lipinski definition) is 4. The number of benzene rings is 1. The fourth-order valence-electron chi connectivity index (χ4n) is 2.16. The zero-order valence-electron chi connectivity index (χ0n) is 14.4. The quantitative estimate of drug-likeness (QED) is 0.437. The second-order valence-electron chi connectivity index (χ2n) is 6.10. The van der Waals surface area contributed by atoms with E-state index in [0.29, 0.717) is 17.8 Å². The molecular formula is C17H22FN5OS.